The summed E-state index contributed by atoms with van der Waals surface area (Å²) in [5.74, 6) is -0.295. The number of Topliss-reactive ketones (excluding diaryl/α,β-unsaturated/α-hetero) is 1. The second kappa shape index (κ2) is 9.47. The molecular formula is C26H25N3O3. The molecule has 3 amide bonds. The van der Waals surface area contributed by atoms with Gasteiger partial charge in [-0.25, -0.2) is 4.79 Å². The number of amides is 3. The molecule has 0 aliphatic carbocycles. The molecule has 1 N–H and O–H groups in total. The fraction of sp³-hybridized carbons (Fsp3) is 0.192. The zero-order chi connectivity index (χ0) is 22.5. The fourth-order valence-corrected chi connectivity index (χ4v) is 3.78. The Morgan fingerprint density at radius 3 is 2.34 bits per heavy atom. The predicted octanol–water partition coefficient (Wildman–Crippen LogP) is 4.97. The van der Waals surface area contributed by atoms with Crippen molar-refractivity contribution in [1.82, 2.24) is 4.90 Å². The number of carbonyl (C=O) groups excluding carboxylic acids is 3. The number of benzene rings is 3. The van der Waals surface area contributed by atoms with Crippen LogP contribution in [0.4, 0.5) is 16.2 Å². The minimum Gasteiger partial charge on any atom is -0.322 e. The topological polar surface area (TPSA) is 69.7 Å². The van der Waals surface area contributed by atoms with Crippen LogP contribution in [-0.2, 0) is 6.54 Å². The lowest BCUT2D eigenvalue weighted by Crippen LogP contribution is -2.49. The first-order valence-corrected chi connectivity index (χ1v) is 10.6. The molecule has 0 saturated carbocycles. The van der Waals surface area contributed by atoms with Gasteiger partial charge in [0.25, 0.3) is 5.91 Å². The Morgan fingerprint density at radius 1 is 0.875 bits per heavy atom. The van der Waals surface area contributed by atoms with E-state index in [1.807, 2.05) is 41.3 Å². The average Bonchev–Trinajstić information content (AvgIpc) is 2.81. The van der Waals surface area contributed by atoms with Gasteiger partial charge in [-0.2, -0.15) is 0 Å². The van der Waals surface area contributed by atoms with Crippen LogP contribution >= 0.6 is 0 Å². The Bertz CT molecular complexity index is 1130. The van der Waals surface area contributed by atoms with Crippen LogP contribution in [-0.4, -0.2) is 35.7 Å². The standard InChI is InChI=1S/C26H25N3O3/c1-19(30)21-11-13-23(14-12-21)27-25(31)22-9-5-10-24(17-22)29-16-6-15-28(26(29)32)18-20-7-3-2-4-8-20/h2-5,7-14,17H,6,15-16,18H2,1H3,(H,27,31). The van der Waals surface area contributed by atoms with Crippen molar-refractivity contribution >= 4 is 29.1 Å². The largest absolute Gasteiger partial charge is 0.324 e. The summed E-state index contributed by atoms with van der Waals surface area (Å²) in [6.45, 7) is 3.39. The summed E-state index contributed by atoms with van der Waals surface area (Å²) in [5.41, 5.74) is 3.45. The van der Waals surface area contributed by atoms with Gasteiger partial charge in [-0.1, -0.05) is 36.4 Å². The Morgan fingerprint density at radius 2 is 1.62 bits per heavy atom. The molecule has 6 nitrogen and oxygen atoms in total. The number of nitrogens with one attached hydrogen (secondary N) is 1. The van der Waals surface area contributed by atoms with E-state index in [9.17, 15) is 14.4 Å². The molecule has 0 atom stereocenters. The van der Waals surface area contributed by atoms with Crippen molar-refractivity contribution in [1.29, 1.82) is 0 Å². The number of hydrogen-bond acceptors (Lipinski definition) is 3. The minimum atomic E-state index is -0.270. The first-order valence-electron chi connectivity index (χ1n) is 10.6. The number of hydrogen-bond donors (Lipinski definition) is 1. The molecule has 0 aromatic heterocycles. The summed E-state index contributed by atoms with van der Waals surface area (Å²) >= 11 is 0. The molecule has 3 aromatic rings. The minimum absolute atomic E-state index is 0.0249. The second-order valence-electron chi connectivity index (χ2n) is 7.83. The van der Waals surface area contributed by atoms with E-state index in [4.69, 9.17) is 0 Å². The van der Waals surface area contributed by atoms with Crippen molar-refractivity contribution < 1.29 is 14.4 Å². The van der Waals surface area contributed by atoms with E-state index in [2.05, 4.69) is 5.32 Å². The van der Waals surface area contributed by atoms with Crippen LogP contribution in [0.15, 0.2) is 78.9 Å². The maximum absolute atomic E-state index is 13.1. The molecule has 1 fully saturated rings. The lowest BCUT2D eigenvalue weighted by molar-refractivity contribution is 0.101. The number of rotatable bonds is 6. The zero-order valence-electron chi connectivity index (χ0n) is 18.0. The molecule has 1 heterocycles. The lowest BCUT2D eigenvalue weighted by atomic mass is 10.1. The molecule has 0 bridgehead atoms. The molecule has 3 aromatic carbocycles. The third kappa shape index (κ3) is 4.86. The van der Waals surface area contributed by atoms with Crippen molar-refractivity contribution in [2.45, 2.75) is 19.9 Å². The monoisotopic (exact) mass is 427 g/mol. The molecular weight excluding hydrogens is 402 g/mol. The SMILES string of the molecule is CC(=O)c1ccc(NC(=O)c2cccc(N3CCCN(Cc4ccccc4)C3=O)c2)cc1. The van der Waals surface area contributed by atoms with Gasteiger partial charge in [-0.15, -0.1) is 0 Å². The smallest absolute Gasteiger partial charge is 0.322 e. The molecule has 0 unspecified atom stereocenters. The molecule has 162 valence electrons. The molecule has 1 saturated heterocycles. The quantitative estimate of drug-likeness (QED) is 0.565. The molecule has 32 heavy (non-hydrogen) atoms. The highest BCUT2D eigenvalue weighted by molar-refractivity contribution is 6.05. The average molecular weight is 428 g/mol. The third-order valence-electron chi connectivity index (χ3n) is 5.50. The Balaban J connectivity index is 1.47. The van der Waals surface area contributed by atoms with Gasteiger partial charge < -0.3 is 10.2 Å². The van der Waals surface area contributed by atoms with Crippen LogP contribution in [0, 0.1) is 0 Å². The highest BCUT2D eigenvalue weighted by atomic mass is 16.2. The second-order valence-corrected chi connectivity index (χ2v) is 7.83. The van der Waals surface area contributed by atoms with E-state index >= 15 is 0 Å². The normalized spacial score (nSPS) is 13.7. The molecule has 0 spiro atoms. The van der Waals surface area contributed by atoms with Crippen molar-refractivity contribution in [2.24, 2.45) is 0 Å². The summed E-state index contributed by atoms with van der Waals surface area (Å²) < 4.78 is 0. The number of carbonyl (C=O) groups is 3. The van der Waals surface area contributed by atoms with E-state index in [-0.39, 0.29) is 17.7 Å². The van der Waals surface area contributed by atoms with Crippen molar-refractivity contribution in [3.05, 3.63) is 95.6 Å². The van der Waals surface area contributed by atoms with Crippen LogP contribution in [0.1, 0.15) is 39.6 Å². The lowest BCUT2D eigenvalue weighted by Gasteiger charge is -2.35. The van der Waals surface area contributed by atoms with Gasteiger partial charge in [0.2, 0.25) is 0 Å². The van der Waals surface area contributed by atoms with E-state index < -0.39 is 0 Å². The summed E-state index contributed by atoms with van der Waals surface area (Å²) in [6.07, 6.45) is 0.859. The van der Waals surface area contributed by atoms with E-state index in [1.54, 1.807) is 47.4 Å². The first kappa shape index (κ1) is 21.3. The van der Waals surface area contributed by atoms with Gasteiger partial charge in [-0.05, 0) is 61.4 Å². The van der Waals surface area contributed by atoms with Gasteiger partial charge in [0.1, 0.15) is 0 Å². The van der Waals surface area contributed by atoms with Crippen molar-refractivity contribution in [3.63, 3.8) is 0 Å². The number of anilines is 2. The highest BCUT2D eigenvalue weighted by Crippen LogP contribution is 2.23. The van der Waals surface area contributed by atoms with Crippen molar-refractivity contribution in [2.75, 3.05) is 23.3 Å². The van der Waals surface area contributed by atoms with Gasteiger partial charge >= 0.3 is 6.03 Å². The van der Waals surface area contributed by atoms with E-state index in [0.29, 0.717) is 42.1 Å². The summed E-state index contributed by atoms with van der Waals surface area (Å²) in [7, 11) is 0. The van der Waals surface area contributed by atoms with Gasteiger partial charge in [-0.3, -0.25) is 14.5 Å². The van der Waals surface area contributed by atoms with Crippen LogP contribution in [0.2, 0.25) is 0 Å². The summed E-state index contributed by atoms with van der Waals surface area (Å²) in [5, 5.41) is 2.84. The Labute approximate surface area is 187 Å². The predicted molar refractivity (Wildman–Crippen MR) is 125 cm³/mol. The molecule has 6 heteroatoms. The van der Waals surface area contributed by atoms with Gasteiger partial charge in [0.15, 0.2) is 5.78 Å². The van der Waals surface area contributed by atoms with E-state index in [0.717, 1.165) is 12.0 Å². The molecule has 1 aliphatic heterocycles. The van der Waals surface area contributed by atoms with Gasteiger partial charge in [0.05, 0.1) is 0 Å². The highest BCUT2D eigenvalue weighted by Gasteiger charge is 2.27. The number of urea groups is 1. The molecule has 4 rings (SSSR count). The fourth-order valence-electron chi connectivity index (χ4n) is 3.78. The van der Waals surface area contributed by atoms with Crippen LogP contribution < -0.4 is 10.2 Å². The van der Waals surface area contributed by atoms with Crippen LogP contribution in [0.25, 0.3) is 0 Å². The first-order chi connectivity index (χ1) is 15.5. The maximum atomic E-state index is 13.1. The van der Waals surface area contributed by atoms with E-state index in [1.165, 1.54) is 6.92 Å². The number of ketones is 1. The summed E-state index contributed by atoms with van der Waals surface area (Å²) in [4.78, 5) is 40.9. The van der Waals surface area contributed by atoms with Crippen molar-refractivity contribution in [3.8, 4) is 0 Å². The third-order valence-corrected chi connectivity index (χ3v) is 5.50. The van der Waals surface area contributed by atoms with Crippen LogP contribution in [0.5, 0.6) is 0 Å². The summed E-state index contributed by atoms with van der Waals surface area (Å²) in [6, 6.07) is 23.7. The zero-order valence-corrected chi connectivity index (χ0v) is 18.0. The Hall–Kier alpha value is -3.93. The molecule has 0 radical (unpaired) electrons. The number of nitrogens with zero attached hydrogens (tertiary/aromatic N) is 2. The van der Waals surface area contributed by atoms with Gasteiger partial charge in [0, 0.05) is 42.1 Å². The molecule has 1 aliphatic rings. The maximum Gasteiger partial charge on any atom is 0.324 e. The van der Waals surface area contributed by atoms with Crippen LogP contribution in [0.3, 0.4) is 0 Å². The Kier molecular flexibility index (Phi) is 6.31.